The van der Waals surface area contributed by atoms with Gasteiger partial charge >= 0.3 is 0 Å². The first-order valence-electron chi connectivity index (χ1n) is 5.83. The Bertz CT molecular complexity index is 108. The van der Waals surface area contributed by atoms with E-state index < -0.39 is 0 Å². The van der Waals surface area contributed by atoms with Crippen molar-refractivity contribution in [1.29, 1.82) is 0 Å². The summed E-state index contributed by atoms with van der Waals surface area (Å²) >= 11 is 0. The van der Waals surface area contributed by atoms with Gasteiger partial charge in [-0.15, -0.1) is 0 Å². The zero-order valence-electron chi connectivity index (χ0n) is 10.2. The molecule has 0 bridgehead atoms. The molecule has 0 aromatic carbocycles. The van der Waals surface area contributed by atoms with Gasteiger partial charge in [0.1, 0.15) is 0 Å². The Balaban J connectivity index is 3.59. The average Bonchev–Trinajstić information content (AvgIpc) is 2.03. The summed E-state index contributed by atoms with van der Waals surface area (Å²) in [6, 6.07) is 0. The van der Waals surface area contributed by atoms with Gasteiger partial charge in [0.25, 0.3) is 0 Å². The molecule has 1 unspecified atom stereocenters. The summed E-state index contributed by atoms with van der Waals surface area (Å²) in [5, 5.41) is 0. The van der Waals surface area contributed by atoms with Crippen LogP contribution in [-0.4, -0.2) is 0 Å². The molecule has 0 amide bonds. The highest BCUT2D eigenvalue weighted by Crippen LogP contribution is 2.26. The summed E-state index contributed by atoms with van der Waals surface area (Å²) in [4.78, 5) is 0. The first-order chi connectivity index (χ1) is 5.99. The minimum Gasteiger partial charge on any atom is -0.0654 e. The molecule has 13 heavy (non-hydrogen) atoms. The van der Waals surface area contributed by atoms with E-state index in [9.17, 15) is 0 Å². The molecule has 0 aromatic rings. The van der Waals surface area contributed by atoms with Crippen LogP contribution in [0.3, 0.4) is 0 Å². The summed E-state index contributed by atoms with van der Waals surface area (Å²) in [6.07, 6.45) is 9.23. The molecule has 0 aromatic heterocycles. The van der Waals surface area contributed by atoms with Crippen molar-refractivity contribution in [3.63, 3.8) is 0 Å². The Labute approximate surface area is 85.1 Å². The summed E-state index contributed by atoms with van der Waals surface area (Å²) in [6.45, 7) is 11.5. The normalized spacial score (nSPS) is 14.5. The van der Waals surface area contributed by atoms with Crippen LogP contribution >= 0.6 is 0 Å². The molecule has 0 aliphatic rings. The maximum atomic E-state index is 2.54. The molecule has 0 heterocycles. The zero-order valence-corrected chi connectivity index (χ0v) is 10.2. The minimum atomic E-state index is 0.472. The van der Waals surface area contributed by atoms with Crippen molar-refractivity contribution in [3.8, 4) is 0 Å². The van der Waals surface area contributed by atoms with Crippen molar-refractivity contribution in [2.24, 2.45) is 11.3 Å². The van der Waals surface area contributed by atoms with Crippen LogP contribution in [0, 0.1) is 17.8 Å². The van der Waals surface area contributed by atoms with E-state index in [1.807, 2.05) is 0 Å². The van der Waals surface area contributed by atoms with Crippen LogP contribution in [0.5, 0.6) is 0 Å². The maximum absolute atomic E-state index is 2.54. The van der Waals surface area contributed by atoms with Crippen LogP contribution in [0.15, 0.2) is 0 Å². The molecule has 0 nitrogen and oxygen atoms in total. The van der Waals surface area contributed by atoms with Gasteiger partial charge in [-0.25, -0.2) is 0 Å². The van der Waals surface area contributed by atoms with Gasteiger partial charge in [-0.3, -0.25) is 0 Å². The van der Waals surface area contributed by atoms with Crippen molar-refractivity contribution in [1.82, 2.24) is 0 Å². The van der Waals surface area contributed by atoms with Crippen LogP contribution in [0.1, 0.15) is 66.7 Å². The molecule has 0 rings (SSSR count). The zero-order chi connectivity index (χ0) is 10.3. The Hall–Kier alpha value is 0. The third-order valence-electron chi connectivity index (χ3n) is 2.52. The quantitative estimate of drug-likeness (QED) is 0.552. The van der Waals surface area contributed by atoms with E-state index >= 15 is 0 Å². The highest BCUT2D eigenvalue weighted by atomic mass is 14.2. The van der Waals surface area contributed by atoms with E-state index in [1.165, 1.54) is 32.1 Å². The molecule has 0 fully saturated rings. The summed E-state index contributed by atoms with van der Waals surface area (Å²) in [7, 11) is 0. The molecule has 0 saturated heterocycles. The van der Waals surface area contributed by atoms with Gasteiger partial charge in [0.05, 0.1) is 0 Å². The van der Waals surface area contributed by atoms with Crippen LogP contribution in [-0.2, 0) is 0 Å². The van der Waals surface area contributed by atoms with Crippen LogP contribution in [0.25, 0.3) is 0 Å². The molecule has 1 atom stereocenters. The lowest BCUT2D eigenvalue weighted by Crippen LogP contribution is -2.09. The Kier molecular flexibility index (Phi) is 6.45. The van der Waals surface area contributed by atoms with E-state index in [0.717, 1.165) is 5.92 Å². The van der Waals surface area contributed by atoms with Gasteiger partial charge in [0, 0.05) is 0 Å². The minimum absolute atomic E-state index is 0.472. The fraction of sp³-hybridized carbons (Fsp3) is 0.923. The number of unbranched alkanes of at least 4 members (excludes halogenated alkanes) is 1. The van der Waals surface area contributed by atoms with Crippen LogP contribution in [0.4, 0.5) is 0 Å². The Morgan fingerprint density at radius 3 is 2.15 bits per heavy atom. The summed E-state index contributed by atoms with van der Waals surface area (Å²) in [5.41, 5.74) is 0.472. The molecular weight excluding hydrogens is 156 g/mol. The van der Waals surface area contributed by atoms with Gasteiger partial charge in [-0.2, -0.15) is 0 Å². The average molecular weight is 183 g/mol. The van der Waals surface area contributed by atoms with Gasteiger partial charge in [0.15, 0.2) is 0 Å². The Morgan fingerprint density at radius 2 is 1.77 bits per heavy atom. The van der Waals surface area contributed by atoms with Crippen LogP contribution in [0.2, 0.25) is 0 Å². The lowest BCUT2D eigenvalue weighted by Gasteiger charge is -2.21. The second kappa shape index (κ2) is 6.45. The fourth-order valence-corrected chi connectivity index (χ4v) is 1.48. The SMILES string of the molecule is CCCCC([CH]CC(C)(C)C)CC. The molecule has 0 N–H and O–H groups in total. The Morgan fingerprint density at radius 1 is 1.15 bits per heavy atom. The standard InChI is InChI=1S/C13H27/c1-6-8-9-12(7-2)10-11-13(3,4)5/h10,12H,6-9,11H2,1-5H3. The van der Waals surface area contributed by atoms with E-state index in [2.05, 4.69) is 41.0 Å². The molecule has 0 spiro atoms. The smallest absolute Gasteiger partial charge is 0.0350 e. The molecule has 1 radical (unpaired) electrons. The first kappa shape index (κ1) is 13.0. The third kappa shape index (κ3) is 8.33. The van der Waals surface area contributed by atoms with E-state index in [4.69, 9.17) is 0 Å². The highest BCUT2D eigenvalue weighted by molar-refractivity contribution is 4.80. The maximum Gasteiger partial charge on any atom is -0.0350 e. The lowest BCUT2D eigenvalue weighted by atomic mass is 9.84. The van der Waals surface area contributed by atoms with Crippen molar-refractivity contribution in [2.45, 2.75) is 66.7 Å². The van der Waals surface area contributed by atoms with E-state index in [1.54, 1.807) is 0 Å². The second-order valence-corrected chi connectivity index (χ2v) is 5.31. The van der Waals surface area contributed by atoms with Crippen molar-refractivity contribution in [2.75, 3.05) is 0 Å². The van der Waals surface area contributed by atoms with Crippen molar-refractivity contribution < 1.29 is 0 Å². The molecule has 0 saturated carbocycles. The largest absolute Gasteiger partial charge is 0.0654 e. The molecule has 0 aliphatic carbocycles. The summed E-state index contributed by atoms with van der Waals surface area (Å²) in [5.74, 6) is 0.860. The topological polar surface area (TPSA) is 0 Å². The number of hydrogen-bond donors (Lipinski definition) is 0. The first-order valence-corrected chi connectivity index (χ1v) is 5.83. The monoisotopic (exact) mass is 183 g/mol. The summed E-state index contributed by atoms with van der Waals surface area (Å²) < 4.78 is 0. The predicted molar refractivity (Wildman–Crippen MR) is 61.7 cm³/mol. The lowest BCUT2D eigenvalue weighted by molar-refractivity contribution is 0.369. The van der Waals surface area contributed by atoms with Crippen LogP contribution < -0.4 is 0 Å². The van der Waals surface area contributed by atoms with Gasteiger partial charge in [-0.05, 0) is 24.2 Å². The van der Waals surface area contributed by atoms with Crippen molar-refractivity contribution >= 4 is 0 Å². The molecular formula is C13H27. The second-order valence-electron chi connectivity index (χ2n) is 5.31. The number of rotatable bonds is 6. The number of hydrogen-bond acceptors (Lipinski definition) is 0. The van der Waals surface area contributed by atoms with Gasteiger partial charge in [-0.1, -0.05) is 60.3 Å². The van der Waals surface area contributed by atoms with E-state index in [-0.39, 0.29) is 0 Å². The predicted octanol–water partition coefficient (Wildman–Crippen LogP) is 4.84. The van der Waals surface area contributed by atoms with Crippen molar-refractivity contribution in [3.05, 3.63) is 6.42 Å². The molecule has 0 heteroatoms. The third-order valence-corrected chi connectivity index (χ3v) is 2.52. The van der Waals surface area contributed by atoms with Gasteiger partial charge < -0.3 is 0 Å². The van der Waals surface area contributed by atoms with E-state index in [0.29, 0.717) is 5.41 Å². The molecule has 0 aliphatic heterocycles. The fourth-order valence-electron chi connectivity index (χ4n) is 1.48. The highest BCUT2D eigenvalue weighted by Gasteiger charge is 2.13. The van der Waals surface area contributed by atoms with Gasteiger partial charge in [0.2, 0.25) is 0 Å². The molecule has 79 valence electrons.